The van der Waals surface area contributed by atoms with Crippen LogP contribution >= 0.6 is 0 Å². The lowest BCUT2D eigenvalue weighted by Gasteiger charge is -2.18. The molecule has 0 saturated heterocycles. The fourth-order valence-electron chi connectivity index (χ4n) is 2.12. The third-order valence-electron chi connectivity index (χ3n) is 2.92. The van der Waals surface area contributed by atoms with Crippen LogP contribution in [0.5, 0.6) is 0 Å². The highest BCUT2D eigenvalue weighted by atomic mass is 19.4. The number of hydrogen-bond donors (Lipinski definition) is 0. The molecule has 0 radical (unpaired) electrons. The first-order chi connectivity index (χ1) is 7.29. The third kappa shape index (κ3) is 2.39. The van der Waals surface area contributed by atoms with E-state index in [0.717, 1.165) is 11.1 Å². The summed E-state index contributed by atoms with van der Waals surface area (Å²) in [7, 11) is 0. The molecule has 0 atom stereocenters. The Labute approximate surface area is 94.5 Å². The van der Waals surface area contributed by atoms with Gasteiger partial charge in [-0.15, -0.1) is 0 Å². The molecule has 3 heteroatoms. The topological polar surface area (TPSA) is 0 Å². The first-order valence-electron chi connectivity index (χ1n) is 5.48. The molecule has 0 nitrogen and oxygen atoms in total. The Balaban J connectivity index is 3.41. The maximum Gasteiger partial charge on any atom is 0.416 e. The molecule has 1 aromatic carbocycles. The predicted molar refractivity (Wildman–Crippen MR) is 59.6 cm³/mol. The van der Waals surface area contributed by atoms with E-state index in [1.807, 2.05) is 13.8 Å². The summed E-state index contributed by atoms with van der Waals surface area (Å²) < 4.78 is 38.2. The molecule has 16 heavy (non-hydrogen) atoms. The van der Waals surface area contributed by atoms with E-state index < -0.39 is 11.7 Å². The number of alkyl halides is 3. The Morgan fingerprint density at radius 2 is 1.75 bits per heavy atom. The fraction of sp³-hybridized carbons (Fsp3) is 0.538. The van der Waals surface area contributed by atoms with Crippen LogP contribution in [0.2, 0.25) is 0 Å². The summed E-state index contributed by atoms with van der Waals surface area (Å²) in [5, 5.41) is 0. The van der Waals surface area contributed by atoms with Gasteiger partial charge in [0.05, 0.1) is 5.56 Å². The normalized spacial score (nSPS) is 12.2. The monoisotopic (exact) mass is 230 g/mol. The summed E-state index contributed by atoms with van der Waals surface area (Å²) in [5.41, 5.74) is 1.73. The minimum Gasteiger partial charge on any atom is -0.166 e. The van der Waals surface area contributed by atoms with Crippen molar-refractivity contribution in [1.29, 1.82) is 0 Å². The minimum atomic E-state index is -4.24. The summed E-state index contributed by atoms with van der Waals surface area (Å²) in [6.45, 7) is 7.54. The average molecular weight is 230 g/mol. The molecule has 0 aliphatic rings. The smallest absolute Gasteiger partial charge is 0.166 e. The first-order valence-corrected chi connectivity index (χ1v) is 5.48. The molecule has 0 unspecified atom stereocenters. The van der Waals surface area contributed by atoms with Crippen LogP contribution in [0.1, 0.15) is 48.9 Å². The van der Waals surface area contributed by atoms with Crippen molar-refractivity contribution in [2.75, 3.05) is 0 Å². The molecular weight excluding hydrogens is 213 g/mol. The van der Waals surface area contributed by atoms with Crippen LogP contribution in [-0.2, 0) is 12.6 Å². The Morgan fingerprint density at radius 3 is 2.12 bits per heavy atom. The highest BCUT2D eigenvalue weighted by Crippen LogP contribution is 2.36. The van der Waals surface area contributed by atoms with Gasteiger partial charge in [0.25, 0.3) is 0 Å². The zero-order valence-electron chi connectivity index (χ0n) is 10.1. The van der Waals surface area contributed by atoms with Gasteiger partial charge in [-0.25, -0.2) is 0 Å². The van der Waals surface area contributed by atoms with Crippen LogP contribution < -0.4 is 0 Å². The standard InChI is InChI=1S/C13H17F3/c1-5-10-9(4)11(8(2)3)6-7-12(10)13(14,15)16/h6-8H,5H2,1-4H3. The van der Waals surface area contributed by atoms with Gasteiger partial charge in [0, 0.05) is 0 Å². The van der Waals surface area contributed by atoms with Gasteiger partial charge in [-0.1, -0.05) is 26.8 Å². The van der Waals surface area contributed by atoms with Gasteiger partial charge in [0.15, 0.2) is 0 Å². The molecule has 0 bridgehead atoms. The lowest BCUT2D eigenvalue weighted by atomic mass is 9.90. The van der Waals surface area contributed by atoms with E-state index in [9.17, 15) is 13.2 Å². The van der Waals surface area contributed by atoms with Gasteiger partial charge in [0.1, 0.15) is 0 Å². The van der Waals surface area contributed by atoms with Crippen molar-refractivity contribution in [2.24, 2.45) is 0 Å². The zero-order chi connectivity index (χ0) is 12.5. The molecular formula is C13H17F3. The number of benzene rings is 1. The highest BCUT2D eigenvalue weighted by molar-refractivity contribution is 5.43. The van der Waals surface area contributed by atoms with Crippen molar-refractivity contribution in [2.45, 2.75) is 46.2 Å². The molecule has 90 valence electrons. The second-order valence-electron chi connectivity index (χ2n) is 4.31. The van der Waals surface area contributed by atoms with E-state index in [0.29, 0.717) is 12.0 Å². The molecule has 1 rings (SSSR count). The van der Waals surface area contributed by atoms with Crippen molar-refractivity contribution < 1.29 is 13.2 Å². The van der Waals surface area contributed by atoms with E-state index in [2.05, 4.69) is 0 Å². The molecule has 0 aliphatic carbocycles. The fourth-order valence-corrected chi connectivity index (χ4v) is 2.12. The van der Waals surface area contributed by atoms with E-state index in [4.69, 9.17) is 0 Å². The summed E-state index contributed by atoms with van der Waals surface area (Å²) in [5.74, 6) is 0.257. The Morgan fingerprint density at radius 1 is 1.19 bits per heavy atom. The molecule has 0 aliphatic heterocycles. The lowest BCUT2D eigenvalue weighted by Crippen LogP contribution is -2.11. The second-order valence-corrected chi connectivity index (χ2v) is 4.31. The summed E-state index contributed by atoms with van der Waals surface area (Å²) >= 11 is 0. The van der Waals surface area contributed by atoms with Gasteiger partial charge in [0.2, 0.25) is 0 Å². The lowest BCUT2D eigenvalue weighted by molar-refractivity contribution is -0.138. The van der Waals surface area contributed by atoms with E-state index in [1.165, 1.54) is 6.07 Å². The van der Waals surface area contributed by atoms with E-state index in [-0.39, 0.29) is 5.92 Å². The van der Waals surface area contributed by atoms with Crippen molar-refractivity contribution in [3.05, 3.63) is 34.4 Å². The molecule has 0 spiro atoms. The van der Waals surface area contributed by atoms with Crippen molar-refractivity contribution in [1.82, 2.24) is 0 Å². The molecule has 0 heterocycles. The van der Waals surface area contributed by atoms with Crippen LogP contribution in [0.3, 0.4) is 0 Å². The SMILES string of the molecule is CCc1c(C(F)(F)F)ccc(C(C)C)c1C. The largest absolute Gasteiger partial charge is 0.416 e. The van der Waals surface area contributed by atoms with Crippen LogP contribution in [0.25, 0.3) is 0 Å². The molecule has 0 aromatic heterocycles. The molecule has 0 saturated carbocycles. The molecule has 0 amide bonds. The average Bonchev–Trinajstić information content (AvgIpc) is 2.15. The Kier molecular flexibility index (Phi) is 3.66. The van der Waals surface area contributed by atoms with Gasteiger partial charge in [-0.2, -0.15) is 13.2 Å². The Bertz CT molecular complexity index is 375. The molecule has 0 fully saturated rings. The van der Waals surface area contributed by atoms with E-state index >= 15 is 0 Å². The van der Waals surface area contributed by atoms with Gasteiger partial charge >= 0.3 is 6.18 Å². The number of hydrogen-bond acceptors (Lipinski definition) is 0. The summed E-state index contributed by atoms with van der Waals surface area (Å²) in [6.07, 6.45) is -3.83. The van der Waals surface area contributed by atoms with Crippen molar-refractivity contribution in [3.8, 4) is 0 Å². The Hall–Kier alpha value is -0.990. The van der Waals surface area contributed by atoms with E-state index in [1.54, 1.807) is 19.9 Å². The summed E-state index contributed by atoms with van der Waals surface area (Å²) in [4.78, 5) is 0. The highest BCUT2D eigenvalue weighted by Gasteiger charge is 2.33. The van der Waals surface area contributed by atoms with Crippen LogP contribution in [0, 0.1) is 6.92 Å². The minimum absolute atomic E-state index is 0.257. The van der Waals surface area contributed by atoms with Gasteiger partial charge < -0.3 is 0 Å². The maximum absolute atomic E-state index is 12.7. The third-order valence-corrected chi connectivity index (χ3v) is 2.92. The second kappa shape index (κ2) is 4.48. The van der Waals surface area contributed by atoms with Crippen molar-refractivity contribution in [3.63, 3.8) is 0 Å². The van der Waals surface area contributed by atoms with Gasteiger partial charge in [-0.05, 0) is 42.0 Å². The van der Waals surface area contributed by atoms with Crippen LogP contribution in [-0.4, -0.2) is 0 Å². The summed E-state index contributed by atoms with van der Waals surface area (Å²) in [6, 6.07) is 2.81. The maximum atomic E-state index is 12.7. The van der Waals surface area contributed by atoms with Crippen LogP contribution in [0.4, 0.5) is 13.2 Å². The molecule has 0 N–H and O–H groups in total. The molecule has 1 aromatic rings. The predicted octanol–water partition coefficient (Wildman–Crippen LogP) is 4.70. The number of halogens is 3. The quantitative estimate of drug-likeness (QED) is 0.690. The first kappa shape index (κ1) is 13.1. The van der Waals surface area contributed by atoms with Gasteiger partial charge in [-0.3, -0.25) is 0 Å². The zero-order valence-corrected chi connectivity index (χ0v) is 10.1. The number of rotatable bonds is 2. The van der Waals surface area contributed by atoms with Crippen LogP contribution in [0.15, 0.2) is 12.1 Å². The van der Waals surface area contributed by atoms with Crippen molar-refractivity contribution >= 4 is 0 Å².